The molecule has 0 saturated carbocycles. The molecule has 1 unspecified atom stereocenters. The number of piperazine rings is 1. The number of hydrogen-bond donors (Lipinski definition) is 1. The van der Waals surface area contributed by atoms with Crippen LogP contribution in [-0.2, 0) is 0 Å². The Morgan fingerprint density at radius 2 is 2.00 bits per heavy atom. The van der Waals surface area contributed by atoms with Gasteiger partial charge in [0, 0.05) is 49.5 Å². The lowest BCUT2D eigenvalue weighted by atomic mass is 10.2. The Labute approximate surface area is 134 Å². The van der Waals surface area contributed by atoms with Gasteiger partial charge in [-0.15, -0.1) is 0 Å². The van der Waals surface area contributed by atoms with E-state index < -0.39 is 0 Å². The second-order valence-electron chi connectivity index (χ2n) is 5.91. The molecule has 3 nitrogen and oxygen atoms in total. The first-order chi connectivity index (χ1) is 10.2. The van der Waals surface area contributed by atoms with Crippen LogP contribution in [0.2, 0.25) is 5.02 Å². The molecule has 0 spiro atoms. The number of benzene rings is 1. The minimum atomic E-state index is 0.614. The summed E-state index contributed by atoms with van der Waals surface area (Å²) in [6, 6.07) is 8.79. The summed E-state index contributed by atoms with van der Waals surface area (Å²) in [5.41, 5.74) is 1.25. The Morgan fingerprint density at radius 1 is 1.24 bits per heavy atom. The Kier molecular flexibility index (Phi) is 6.81. The van der Waals surface area contributed by atoms with Crippen LogP contribution in [-0.4, -0.2) is 50.2 Å². The zero-order valence-corrected chi connectivity index (χ0v) is 14.1. The summed E-state index contributed by atoms with van der Waals surface area (Å²) in [6.07, 6.45) is 2.54. The predicted molar refractivity (Wildman–Crippen MR) is 92.5 cm³/mol. The molecule has 1 aromatic carbocycles. The Bertz CT molecular complexity index is 416. The van der Waals surface area contributed by atoms with Gasteiger partial charge in [0.1, 0.15) is 0 Å². The Balaban J connectivity index is 1.75. The highest BCUT2D eigenvalue weighted by Crippen LogP contribution is 2.21. The third-order valence-corrected chi connectivity index (χ3v) is 4.49. The van der Waals surface area contributed by atoms with Gasteiger partial charge >= 0.3 is 0 Å². The maximum Gasteiger partial charge on any atom is 0.0426 e. The van der Waals surface area contributed by atoms with Crippen molar-refractivity contribution in [2.45, 2.75) is 32.7 Å². The van der Waals surface area contributed by atoms with Crippen LogP contribution < -0.4 is 10.2 Å². The number of anilines is 1. The van der Waals surface area contributed by atoms with Crippen molar-refractivity contribution in [1.82, 2.24) is 10.2 Å². The fourth-order valence-electron chi connectivity index (χ4n) is 2.84. The average molecular weight is 310 g/mol. The minimum Gasteiger partial charge on any atom is -0.369 e. The normalized spacial score (nSPS) is 18.0. The van der Waals surface area contributed by atoms with Crippen LogP contribution >= 0.6 is 11.6 Å². The van der Waals surface area contributed by atoms with E-state index in [0.29, 0.717) is 6.04 Å². The molecule has 0 radical (unpaired) electrons. The SMILES string of the molecule is CCCCNCC(C)N1CCN(c2cccc(Cl)c2)CC1. The lowest BCUT2D eigenvalue weighted by molar-refractivity contribution is 0.193. The van der Waals surface area contributed by atoms with Crippen molar-refractivity contribution in [2.24, 2.45) is 0 Å². The van der Waals surface area contributed by atoms with Crippen LogP contribution in [0.3, 0.4) is 0 Å². The first-order valence-electron chi connectivity index (χ1n) is 8.16. The number of halogens is 1. The zero-order valence-electron chi connectivity index (χ0n) is 13.3. The summed E-state index contributed by atoms with van der Waals surface area (Å²) in [7, 11) is 0. The molecule has 1 aliphatic rings. The fraction of sp³-hybridized carbons (Fsp3) is 0.647. The molecule has 1 aromatic rings. The van der Waals surface area contributed by atoms with Crippen molar-refractivity contribution in [3.63, 3.8) is 0 Å². The molecule has 2 rings (SSSR count). The van der Waals surface area contributed by atoms with E-state index >= 15 is 0 Å². The van der Waals surface area contributed by atoms with E-state index in [1.165, 1.54) is 18.5 Å². The maximum absolute atomic E-state index is 6.08. The molecule has 0 amide bonds. The van der Waals surface area contributed by atoms with Crippen LogP contribution in [0.15, 0.2) is 24.3 Å². The number of unbranched alkanes of at least 4 members (excludes halogenated alkanes) is 1. The highest BCUT2D eigenvalue weighted by molar-refractivity contribution is 6.30. The Morgan fingerprint density at radius 3 is 2.67 bits per heavy atom. The summed E-state index contributed by atoms with van der Waals surface area (Å²) in [5, 5.41) is 4.38. The van der Waals surface area contributed by atoms with E-state index in [1.807, 2.05) is 12.1 Å². The molecule has 1 heterocycles. The third kappa shape index (κ3) is 5.17. The minimum absolute atomic E-state index is 0.614. The first-order valence-corrected chi connectivity index (χ1v) is 8.53. The van der Waals surface area contributed by atoms with E-state index in [1.54, 1.807) is 0 Å². The average Bonchev–Trinajstić information content (AvgIpc) is 2.51. The van der Waals surface area contributed by atoms with Gasteiger partial charge in [-0.05, 0) is 38.1 Å². The predicted octanol–water partition coefficient (Wildman–Crippen LogP) is 3.24. The number of rotatable bonds is 7. The standard InChI is InChI=1S/C17H28ClN3/c1-3-4-8-19-14-15(2)20-9-11-21(12-10-20)17-7-5-6-16(18)13-17/h5-7,13,15,19H,3-4,8-12,14H2,1-2H3. The van der Waals surface area contributed by atoms with Gasteiger partial charge < -0.3 is 10.2 Å². The Hall–Kier alpha value is -0.770. The van der Waals surface area contributed by atoms with Gasteiger partial charge in [0.2, 0.25) is 0 Å². The maximum atomic E-state index is 6.08. The van der Waals surface area contributed by atoms with Crippen molar-refractivity contribution in [1.29, 1.82) is 0 Å². The molecule has 1 aliphatic heterocycles. The van der Waals surface area contributed by atoms with Gasteiger partial charge in [-0.3, -0.25) is 4.90 Å². The highest BCUT2D eigenvalue weighted by atomic mass is 35.5. The summed E-state index contributed by atoms with van der Waals surface area (Å²) >= 11 is 6.08. The molecule has 0 aromatic heterocycles. The molecular weight excluding hydrogens is 282 g/mol. The molecule has 21 heavy (non-hydrogen) atoms. The van der Waals surface area contributed by atoms with Crippen LogP contribution in [0.1, 0.15) is 26.7 Å². The monoisotopic (exact) mass is 309 g/mol. The van der Waals surface area contributed by atoms with Gasteiger partial charge in [0.25, 0.3) is 0 Å². The van der Waals surface area contributed by atoms with Crippen LogP contribution in [0.25, 0.3) is 0 Å². The smallest absolute Gasteiger partial charge is 0.0426 e. The van der Waals surface area contributed by atoms with Crippen LogP contribution in [0.4, 0.5) is 5.69 Å². The van der Waals surface area contributed by atoms with Gasteiger partial charge in [-0.1, -0.05) is 31.0 Å². The number of nitrogens with one attached hydrogen (secondary N) is 1. The van der Waals surface area contributed by atoms with Crippen LogP contribution in [0.5, 0.6) is 0 Å². The molecule has 1 saturated heterocycles. The van der Waals surface area contributed by atoms with Crippen molar-refractivity contribution < 1.29 is 0 Å². The van der Waals surface area contributed by atoms with E-state index in [9.17, 15) is 0 Å². The van der Waals surface area contributed by atoms with Gasteiger partial charge in [0.15, 0.2) is 0 Å². The fourth-order valence-corrected chi connectivity index (χ4v) is 3.02. The van der Waals surface area contributed by atoms with E-state index in [4.69, 9.17) is 11.6 Å². The lowest BCUT2D eigenvalue weighted by Gasteiger charge is -2.39. The van der Waals surface area contributed by atoms with Crippen molar-refractivity contribution in [3.8, 4) is 0 Å². The molecule has 0 aliphatic carbocycles. The van der Waals surface area contributed by atoms with Gasteiger partial charge in [0.05, 0.1) is 0 Å². The third-order valence-electron chi connectivity index (χ3n) is 4.26. The first kappa shape index (κ1) is 16.6. The largest absolute Gasteiger partial charge is 0.369 e. The van der Waals surface area contributed by atoms with Crippen molar-refractivity contribution in [2.75, 3.05) is 44.2 Å². The summed E-state index contributed by atoms with van der Waals surface area (Å²) < 4.78 is 0. The molecule has 1 fully saturated rings. The topological polar surface area (TPSA) is 18.5 Å². The number of nitrogens with zero attached hydrogens (tertiary/aromatic N) is 2. The number of hydrogen-bond acceptors (Lipinski definition) is 3. The molecule has 4 heteroatoms. The summed E-state index contributed by atoms with van der Waals surface area (Å²) in [4.78, 5) is 5.01. The molecule has 0 bridgehead atoms. The highest BCUT2D eigenvalue weighted by Gasteiger charge is 2.20. The molecular formula is C17H28ClN3. The quantitative estimate of drug-likeness (QED) is 0.780. The van der Waals surface area contributed by atoms with E-state index in [-0.39, 0.29) is 0 Å². The molecule has 1 atom stereocenters. The van der Waals surface area contributed by atoms with Crippen LogP contribution in [0, 0.1) is 0 Å². The zero-order chi connectivity index (χ0) is 15.1. The van der Waals surface area contributed by atoms with E-state index in [2.05, 4.69) is 41.1 Å². The summed E-state index contributed by atoms with van der Waals surface area (Å²) in [6.45, 7) is 11.2. The van der Waals surface area contributed by atoms with Crippen molar-refractivity contribution >= 4 is 17.3 Å². The van der Waals surface area contributed by atoms with E-state index in [0.717, 1.165) is 44.3 Å². The van der Waals surface area contributed by atoms with Crippen molar-refractivity contribution in [3.05, 3.63) is 29.3 Å². The second kappa shape index (κ2) is 8.62. The molecule has 1 N–H and O–H groups in total. The van der Waals surface area contributed by atoms with Gasteiger partial charge in [-0.2, -0.15) is 0 Å². The molecule has 118 valence electrons. The lowest BCUT2D eigenvalue weighted by Crippen LogP contribution is -2.52. The summed E-state index contributed by atoms with van der Waals surface area (Å²) in [5.74, 6) is 0. The second-order valence-corrected chi connectivity index (χ2v) is 6.35. The van der Waals surface area contributed by atoms with Gasteiger partial charge in [-0.25, -0.2) is 0 Å².